The third-order valence-electron chi connectivity index (χ3n) is 3.18. The first-order valence-electron chi connectivity index (χ1n) is 6.33. The third kappa shape index (κ3) is 2.17. The Morgan fingerprint density at radius 1 is 1.38 bits per heavy atom. The lowest BCUT2D eigenvalue weighted by Gasteiger charge is -2.18. The maximum Gasteiger partial charge on any atom is 0.162 e. The monoisotopic (exact) mass is 284 g/mol. The van der Waals surface area contributed by atoms with E-state index in [1.807, 2.05) is 6.07 Å². The second-order valence-electron chi connectivity index (χ2n) is 4.44. The normalized spacial score (nSPS) is 12.7. The van der Waals surface area contributed by atoms with E-state index in [0.29, 0.717) is 42.3 Å². The van der Waals surface area contributed by atoms with Gasteiger partial charge in [-0.1, -0.05) is 0 Å². The average molecular weight is 284 g/mol. The zero-order valence-electron chi connectivity index (χ0n) is 11.1. The Morgan fingerprint density at radius 2 is 2.14 bits per heavy atom. The van der Waals surface area contributed by atoms with Crippen LogP contribution in [0.1, 0.15) is 10.4 Å². The van der Waals surface area contributed by atoms with E-state index in [-0.39, 0.29) is 17.9 Å². The zero-order valence-corrected chi connectivity index (χ0v) is 11.1. The number of nitrogen functional groups attached to an aromatic ring is 1. The molecular formula is C14H12N4O3. The molecule has 0 saturated carbocycles. The molecule has 0 spiro atoms. The molecule has 1 aliphatic heterocycles. The largest absolute Gasteiger partial charge is 0.486 e. The quantitative estimate of drug-likeness (QED) is 0.850. The molecule has 1 aromatic heterocycles. The molecule has 2 aromatic rings. The summed E-state index contributed by atoms with van der Waals surface area (Å²) in [5, 5.41) is 13.0. The van der Waals surface area contributed by atoms with Crippen LogP contribution in [0.5, 0.6) is 11.5 Å². The average Bonchev–Trinajstić information content (AvgIpc) is 2.83. The number of anilines is 1. The van der Waals surface area contributed by atoms with Gasteiger partial charge in [0, 0.05) is 5.56 Å². The molecule has 0 radical (unpaired) electrons. The minimum atomic E-state index is -0.0166. The van der Waals surface area contributed by atoms with Crippen molar-refractivity contribution in [1.29, 1.82) is 5.26 Å². The topological polar surface area (TPSA) is 103 Å². The molecule has 0 amide bonds. The molecule has 0 unspecified atom stereocenters. The van der Waals surface area contributed by atoms with E-state index in [9.17, 15) is 4.79 Å². The lowest BCUT2D eigenvalue weighted by atomic mass is 10.1. The molecule has 2 heterocycles. The summed E-state index contributed by atoms with van der Waals surface area (Å²) in [5.41, 5.74) is 7.21. The fourth-order valence-electron chi connectivity index (χ4n) is 2.20. The standard InChI is InChI=1S/C14H12N4O3/c15-3-4-18-14(16)10(8-19)13(17-18)9-1-2-11-12(7-9)21-6-5-20-11/h1-2,7-8H,4-6,16H2. The highest BCUT2D eigenvalue weighted by molar-refractivity contribution is 5.91. The minimum absolute atomic E-state index is 0.0166. The predicted molar refractivity (Wildman–Crippen MR) is 74.1 cm³/mol. The first-order valence-corrected chi connectivity index (χ1v) is 6.33. The second-order valence-corrected chi connectivity index (χ2v) is 4.44. The van der Waals surface area contributed by atoms with Gasteiger partial charge in [0.25, 0.3) is 0 Å². The first kappa shape index (κ1) is 13.0. The van der Waals surface area contributed by atoms with Crippen molar-refractivity contribution >= 4 is 12.1 Å². The number of aromatic nitrogens is 2. The van der Waals surface area contributed by atoms with Crippen molar-refractivity contribution in [1.82, 2.24) is 9.78 Å². The molecule has 106 valence electrons. The lowest BCUT2D eigenvalue weighted by molar-refractivity contribution is 0.112. The molecule has 3 rings (SSSR count). The number of nitriles is 1. The van der Waals surface area contributed by atoms with Crippen molar-refractivity contribution in [3.05, 3.63) is 23.8 Å². The van der Waals surface area contributed by atoms with Gasteiger partial charge in [0.15, 0.2) is 17.8 Å². The number of nitrogens with zero attached hydrogens (tertiary/aromatic N) is 3. The van der Waals surface area contributed by atoms with Gasteiger partial charge >= 0.3 is 0 Å². The van der Waals surface area contributed by atoms with Gasteiger partial charge in [-0.05, 0) is 18.2 Å². The van der Waals surface area contributed by atoms with Gasteiger partial charge in [0.05, 0.1) is 11.6 Å². The molecule has 7 nitrogen and oxygen atoms in total. The molecule has 0 bridgehead atoms. The molecule has 7 heteroatoms. The van der Waals surface area contributed by atoms with Crippen LogP contribution in [0.15, 0.2) is 18.2 Å². The second kappa shape index (κ2) is 5.17. The van der Waals surface area contributed by atoms with Crippen molar-refractivity contribution in [3.63, 3.8) is 0 Å². The van der Waals surface area contributed by atoms with Crippen LogP contribution in [-0.4, -0.2) is 29.3 Å². The third-order valence-corrected chi connectivity index (χ3v) is 3.18. The first-order chi connectivity index (χ1) is 10.2. The van der Waals surface area contributed by atoms with Gasteiger partial charge in [0.1, 0.15) is 31.3 Å². The van der Waals surface area contributed by atoms with E-state index >= 15 is 0 Å². The Morgan fingerprint density at radius 3 is 2.86 bits per heavy atom. The summed E-state index contributed by atoms with van der Waals surface area (Å²) in [4.78, 5) is 11.3. The maximum absolute atomic E-state index is 11.3. The molecule has 1 aliphatic rings. The molecule has 21 heavy (non-hydrogen) atoms. The Hall–Kier alpha value is -3.01. The number of benzene rings is 1. The highest BCUT2D eigenvalue weighted by Crippen LogP contribution is 2.35. The molecule has 0 saturated heterocycles. The summed E-state index contributed by atoms with van der Waals surface area (Å²) >= 11 is 0. The number of hydrogen-bond donors (Lipinski definition) is 1. The molecule has 0 aliphatic carbocycles. The molecular weight excluding hydrogens is 272 g/mol. The molecule has 1 aromatic carbocycles. The van der Waals surface area contributed by atoms with Crippen LogP contribution in [0.25, 0.3) is 11.3 Å². The molecule has 2 N–H and O–H groups in total. The number of aldehydes is 1. The van der Waals surface area contributed by atoms with Crippen LogP contribution in [0, 0.1) is 11.3 Å². The van der Waals surface area contributed by atoms with Crippen molar-refractivity contribution < 1.29 is 14.3 Å². The van der Waals surface area contributed by atoms with Gasteiger partial charge in [0.2, 0.25) is 0 Å². The number of carbonyl (C=O) groups is 1. The van der Waals surface area contributed by atoms with E-state index in [1.54, 1.807) is 18.2 Å². The van der Waals surface area contributed by atoms with Gasteiger partial charge in [-0.3, -0.25) is 4.79 Å². The van der Waals surface area contributed by atoms with Crippen LogP contribution < -0.4 is 15.2 Å². The highest BCUT2D eigenvalue weighted by atomic mass is 16.6. The van der Waals surface area contributed by atoms with E-state index in [1.165, 1.54) is 4.68 Å². The minimum Gasteiger partial charge on any atom is -0.486 e. The van der Waals surface area contributed by atoms with E-state index in [2.05, 4.69) is 5.10 Å². The number of rotatable bonds is 3. The van der Waals surface area contributed by atoms with Crippen molar-refractivity contribution in [2.24, 2.45) is 0 Å². The summed E-state index contributed by atoms with van der Waals surface area (Å²) in [7, 11) is 0. The number of fused-ring (bicyclic) bond motifs is 1. The molecule has 0 atom stereocenters. The smallest absolute Gasteiger partial charge is 0.162 e. The summed E-state index contributed by atoms with van der Waals surface area (Å²) in [5.74, 6) is 1.43. The van der Waals surface area contributed by atoms with Gasteiger partial charge in [-0.2, -0.15) is 10.4 Å². The highest BCUT2D eigenvalue weighted by Gasteiger charge is 2.19. The van der Waals surface area contributed by atoms with Crippen LogP contribution >= 0.6 is 0 Å². The van der Waals surface area contributed by atoms with Crippen molar-refractivity contribution in [2.75, 3.05) is 18.9 Å². The van der Waals surface area contributed by atoms with Crippen LogP contribution in [0.4, 0.5) is 5.82 Å². The number of ether oxygens (including phenoxy) is 2. The van der Waals surface area contributed by atoms with Crippen LogP contribution in [-0.2, 0) is 6.54 Å². The summed E-state index contributed by atoms with van der Waals surface area (Å²) < 4.78 is 12.3. The summed E-state index contributed by atoms with van der Waals surface area (Å²) in [6.07, 6.45) is 0.641. The summed E-state index contributed by atoms with van der Waals surface area (Å²) in [6.45, 7) is 0.967. The number of nitrogens with two attached hydrogens (primary N) is 1. The van der Waals surface area contributed by atoms with Crippen molar-refractivity contribution in [3.8, 4) is 28.8 Å². The zero-order chi connectivity index (χ0) is 14.8. The lowest BCUT2D eigenvalue weighted by Crippen LogP contribution is -2.15. The Balaban J connectivity index is 2.10. The Kier molecular flexibility index (Phi) is 3.20. The number of carbonyl (C=O) groups excluding carboxylic acids is 1. The predicted octanol–water partition coefficient (Wildman–Crippen LogP) is 1.24. The Bertz CT molecular complexity index is 745. The van der Waals surface area contributed by atoms with Crippen LogP contribution in [0.3, 0.4) is 0 Å². The van der Waals surface area contributed by atoms with E-state index in [4.69, 9.17) is 20.5 Å². The Labute approximate surface area is 120 Å². The van der Waals surface area contributed by atoms with Crippen LogP contribution in [0.2, 0.25) is 0 Å². The van der Waals surface area contributed by atoms with Gasteiger partial charge in [-0.25, -0.2) is 4.68 Å². The SMILES string of the molecule is N#CCn1nc(-c2ccc3c(c2)OCCO3)c(C=O)c1N. The number of hydrogen-bond acceptors (Lipinski definition) is 6. The maximum atomic E-state index is 11.3. The van der Waals surface area contributed by atoms with Gasteiger partial charge < -0.3 is 15.2 Å². The van der Waals surface area contributed by atoms with Gasteiger partial charge in [-0.15, -0.1) is 0 Å². The van der Waals surface area contributed by atoms with E-state index in [0.717, 1.165) is 0 Å². The fourth-order valence-corrected chi connectivity index (χ4v) is 2.20. The fraction of sp³-hybridized carbons (Fsp3) is 0.214. The van der Waals surface area contributed by atoms with E-state index < -0.39 is 0 Å². The van der Waals surface area contributed by atoms with Crippen molar-refractivity contribution in [2.45, 2.75) is 6.54 Å². The summed E-state index contributed by atoms with van der Waals surface area (Å²) in [6, 6.07) is 7.24. The molecule has 0 fully saturated rings.